The van der Waals surface area contributed by atoms with Crippen molar-refractivity contribution in [2.45, 2.75) is 89.7 Å². The van der Waals surface area contributed by atoms with E-state index in [1.54, 1.807) is 23.1 Å². The molecule has 14 heteroatoms. The zero-order valence-electron chi connectivity index (χ0n) is 39.8. The van der Waals surface area contributed by atoms with E-state index in [4.69, 9.17) is 40.5 Å². The van der Waals surface area contributed by atoms with Crippen molar-refractivity contribution in [2.24, 2.45) is 22.9 Å². The highest BCUT2D eigenvalue weighted by Gasteiger charge is 2.65. The number of hydrogen-bond acceptors (Lipinski definition) is 11. The number of halogens is 1. The Balaban J connectivity index is 1.35. The van der Waals surface area contributed by atoms with Gasteiger partial charge in [-0.3, -0.25) is 15.0 Å². The van der Waals surface area contributed by atoms with E-state index >= 15 is 0 Å². The first kappa shape index (κ1) is 50.1. The summed E-state index contributed by atoms with van der Waals surface area (Å²) in [6.45, 7) is 8.48. The van der Waals surface area contributed by atoms with Crippen LogP contribution in [0.15, 0.2) is 133 Å². The number of alkyl halides is 1. The fourth-order valence-electron chi connectivity index (χ4n) is 10.6. The highest BCUT2D eigenvalue weighted by Crippen LogP contribution is 2.62. The molecular formula is C56H62ClN3O10. The van der Waals surface area contributed by atoms with Crippen LogP contribution in [0.5, 0.6) is 17.2 Å². The van der Waals surface area contributed by atoms with Crippen LogP contribution in [0.25, 0.3) is 10.8 Å². The molecule has 0 radical (unpaired) electrons. The Kier molecular flexibility index (Phi) is 16.6. The van der Waals surface area contributed by atoms with Crippen LogP contribution >= 0.6 is 11.6 Å². The van der Waals surface area contributed by atoms with Crippen LogP contribution in [0.1, 0.15) is 78.7 Å². The minimum absolute atomic E-state index is 0.00855. The third-order valence-corrected chi connectivity index (χ3v) is 14.2. The number of ether oxygens (including phenoxy) is 4. The summed E-state index contributed by atoms with van der Waals surface area (Å²) in [5.74, 6) is -0.501. The maximum atomic E-state index is 14.9. The van der Waals surface area contributed by atoms with Gasteiger partial charge in [0.1, 0.15) is 36.5 Å². The summed E-state index contributed by atoms with van der Waals surface area (Å²) >= 11 is 6.19. The monoisotopic (exact) mass is 971 g/mol. The SMILES string of the molecule is C=CCOC12Oc3ccc(Oc4ccc(C)c(C)c4)cc3C3C(CCCCO)C(CCCCO)C=C(C(=NOCc4ccc([N+](=O)[O-])cc4)CC1N(Cc1cccc4ccccc14)C(=O)OCCCl)C32. The van der Waals surface area contributed by atoms with E-state index in [-0.39, 0.29) is 75.3 Å². The topological polar surface area (TPSA) is 162 Å². The Labute approximate surface area is 414 Å². The first-order valence-corrected chi connectivity index (χ1v) is 24.8. The number of benzene rings is 5. The number of rotatable bonds is 22. The average Bonchev–Trinajstić information content (AvgIpc) is 3.37. The van der Waals surface area contributed by atoms with Gasteiger partial charge in [0.25, 0.3) is 5.69 Å². The Morgan fingerprint density at radius 2 is 1.69 bits per heavy atom. The Bertz CT molecular complexity index is 2700. The van der Waals surface area contributed by atoms with E-state index in [2.05, 4.69) is 32.6 Å². The molecular weight excluding hydrogens is 910 g/mol. The predicted octanol–water partition coefficient (Wildman–Crippen LogP) is 11.9. The van der Waals surface area contributed by atoms with Crippen molar-refractivity contribution >= 4 is 39.9 Å². The van der Waals surface area contributed by atoms with E-state index in [0.29, 0.717) is 41.4 Å². The van der Waals surface area contributed by atoms with Crippen molar-refractivity contribution in [3.8, 4) is 17.2 Å². The second kappa shape index (κ2) is 23.1. The molecule has 0 bridgehead atoms. The molecule has 1 heterocycles. The number of amides is 1. The predicted molar refractivity (Wildman–Crippen MR) is 270 cm³/mol. The number of fused-ring (bicyclic) bond motifs is 3. The van der Waals surface area contributed by atoms with Crippen LogP contribution in [-0.2, 0) is 27.5 Å². The first-order valence-electron chi connectivity index (χ1n) is 24.2. The summed E-state index contributed by atoms with van der Waals surface area (Å²) in [6, 6.07) is 31.2. The number of allylic oxidation sites excluding steroid dienone is 1. The molecule has 1 aliphatic heterocycles. The van der Waals surface area contributed by atoms with Gasteiger partial charge in [-0.2, -0.15) is 0 Å². The summed E-state index contributed by atoms with van der Waals surface area (Å²) < 4.78 is 27.2. The fraction of sp³-hybridized carbons (Fsp3) is 0.393. The van der Waals surface area contributed by atoms with E-state index in [0.717, 1.165) is 64.3 Å². The standard InChI is InChI=1S/C56H62ClN3O10/c1-4-29-67-56-52(59(55(63)66-30-26-57)35-42-15-11-14-40-12-5-6-16-46(40)42)34-50(58-68-36-39-19-21-43(22-20-39)60(64)65)48-32-41(13-7-9-27-61)47(17-8-10-28-62)53(54(48)56)49-33-45(24-25-51(49)70-56)69-44-23-18-37(2)38(3)31-44/h4-6,11-12,14-16,18-25,31-33,41,47,52-54,61-62H,1,7-10,13,17,26-30,34-36H2,2-3H3. The van der Waals surface area contributed by atoms with Gasteiger partial charge in [-0.05, 0) is 132 Å². The number of unbranched alkanes of at least 4 members (excludes halogenated alkanes) is 2. The van der Waals surface area contributed by atoms with Gasteiger partial charge in [0.05, 0.1) is 35.6 Å². The number of aryl methyl sites for hydroxylation is 2. The van der Waals surface area contributed by atoms with Crippen molar-refractivity contribution in [3.63, 3.8) is 0 Å². The van der Waals surface area contributed by atoms with E-state index < -0.39 is 28.8 Å². The molecule has 2 aliphatic carbocycles. The number of carbonyl (C=O) groups is 1. The van der Waals surface area contributed by atoms with Crippen molar-refractivity contribution in [1.29, 1.82) is 0 Å². The molecule has 6 unspecified atom stereocenters. The van der Waals surface area contributed by atoms with Crippen molar-refractivity contribution < 1.29 is 43.7 Å². The van der Waals surface area contributed by atoms with Gasteiger partial charge in [-0.1, -0.05) is 78.7 Å². The zero-order chi connectivity index (χ0) is 49.2. The van der Waals surface area contributed by atoms with Crippen LogP contribution in [-0.4, -0.2) is 76.0 Å². The summed E-state index contributed by atoms with van der Waals surface area (Å²) in [4.78, 5) is 33.9. The zero-order valence-corrected chi connectivity index (χ0v) is 40.6. The summed E-state index contributed by atoms with van der Waals surface area (Å²) in [5, 5.41) is 38.5. The molecule has 1 amide bonds. The number of nitro benzene ring substituents is 1. The summed E-state index contributed by atoms with van der Waals surface area (Å²) in [5.41, 5.74) is 6.14. The molecule has 0 spiro atoms. The molecule has 8 rings (SSSR count). The lowest BCUT2D eigenvalue weighted by molar-refractivity contribution is -0.384. The Morgan fingerprint density at radius 1 is 0.943 bits per heavy atom. The molecule has 5 aromatic carbocycles. The lowest BCUT2D eigenvalue weighted by atomic mass is 9.55. The largest absolute Gasteiger partial charge is 0.459 e. The van der Waals surface area contributed by atoms with Crippen LogP contribution in [0, 0.1) is 41.7 Å². The lowest BCUT2D eigenvalue weighted by Crippen LogP contribution is -2.70. The quantitative estimate of drug-likeness (QED) is 0.0224. The molecule has 1 saturated carbocycles. The molecule has 0 aromatic heterocycles. The number of oxime groups is 1. The fourth-order valence-corrected chi connectivity index (χ4v) is 10.7. The molecule has 0 saturated heterocycles. The summed E-state index contributed by atoms with van der Waals surface area (Å²) in [6.07, 6.45) is 7.75. The molecule has 368 valence electrons. The number of aliphatic hydroxyl groups excluding tert-OH is 2. The van der Waals surface area contributed by atoms with E-state index in [1.807, 2.05) is 72.8 Å². The number of hydrogen-bond donors (Lipinski definition) is 2. The third kappa shape index (κ3) is 10.9. The smallest absolute Gasteiger partial charge is 0.410 e. The average molecular weight is 973 g/mol. The number of aliphatic hydroxyl groups is 2. The molecule has 1 fully saturated rings. The van der Waals surface area contributed by atoms with Gasteiger partial charge < -0.3 is 34.0 Å². The second-order valence-corrected chi connectivity index (χ2v) is 18.8. The van der Waals surface area contributed by atoms with Gasteiger partial charge in [0, 0.05) is 43.2 Å². The first-order chi connectivity index (χ1) is 34.1. The normalized spacial score (nSPS) is 21.8. The molecule has 5 aromatic rings. The van der Waals surface area contributed by atoms with Crippen LogP contribution < -0.4 is 9.47 Å². The van der Waals surface area contributed by atoms with Crippen LogP contribution in [0.2, 0.25) is 0 Å². The highest BCUT2D eigenvalue weighted by atomic mass is 35.5. The van der Waals surface area contributed by atoms with Crippen LogP contribution in [0.3, 0.4) is 0 Å². The van der Waals surface area contributed by atoms with E-state index in [1.165, 1.54) is 12.1 Å². The molecule has 3 aliphatic rings. The van der Waals surface area contributed by atoms with Crippen molar-refractivity contribution in [1.82, 2.24) is 4.90 Å². The van der Waals surface area contributed by atoms with Crippen molar-refractivity contribution in [3.05, 3.63) is 165 Å². The molecule has 2 N–H and O–H groups in total. The van der Waals surface area contributed by atoms with Gasteiger partial charge in [-0.15, -0.1) is 18.2 Å². The Hall–Kier alpha value is -6.25. The van der Waals surface area contributed by atoms with Gasteiger partial charge in [0.15, 0.2) is 0 Å². The highest BCUT2D eigenvalue weighted by molar-refractivity contribution is 6.18. The van der Waals surface area contributed by atoms with Gasteiger partial charge >= 0.3 is 6.09 Å². The van der Waals surface area contributed by atoms with Gasteiger partial charge in [0.2, 0.25) is 5.79 Å². The summed E-state index contributed by atoms with van der Waals surface area (Å²) in [7, 11) is 0. The van der Waals surface area contributed by atoms with Crippen molar-refractivity contribution in [2.75, 3.05) is 32.3 Å². The van der Waals surface area contributed by atoms with Crippen LogP contribution in [0.4, 0.5) is 10.5 Å². The number of carbonyl (C=O) groups excluding carboxylic acids is 1. The van der Waals surface area contributed by atoms with Gasteiger partial charge in [-0.25, -0.2) is 4.79 Å². The minimum atomic E-state index is -1.55. The third-order valence-electron chi connectivity index (χ3n) is 14.0. The molecule has 70 heavy (non-hydrogen) atoms. The molecule has 6 atom stereocenters. The Morgan fingerprint density at radius 3 is 2.43 bits per heavy atom. The number of nitro groups is 1. The lowest BCUT2D eigenvalue weighted by Gasteiger charge is -2.59. The molecule has 13 nitrogen and oxygen atoms in total. The second-order valence-electron chi connectivity index (χ2n) is 18.4. The maximum Gasteiger partial charge on any atom is 0.410 e. The minimum Gasteiger partial charge on any atom is -0.459 e. The maximum absolute atomic E-state index is 14.9. The number of non-ortho nitro benzene ring substituents is 1. The van der Waals surface area contributed by atoms with E-state index in [9.17, 15) is 25.1 Å². The number of nitrogens with zero attached hydrogens (tertiary/aromatic N) is 3.